The zero-order valence-electron chi connectivity index (χ0n) is 11.2. The van der Waals surface area contributed by atoms with Crippen LogP contribution in [0.4, 0.5) is 5.82 Å². The second kappa shape index (κ2) is 4.88. The van der Waals surface area contributed by atoms with E-state index in [1.54, 1.807) is 13.4 Å². The summed E-state index contributed by atoms with van der Waals surface area (Å²) >= 11 is 0. The molecule has 0 saturated heterocycles. The second-order valence-corrected chi connectivity index (χ2v) is 4.89. The first-order valence-corrected chi connectivity index (χ1v) is 6.50. The summed E-state index contributed by atoms with van der Waals surface area (Å²) in [5.41, 5.74) is 3.12. The van der Waals surface area contributed by atoms with Crippen LogP contribution in [0.3, 0.4) is 0 Å². The van der Waals surface area contributed by atoms with Crippen molar-refractivity contribution < 1.29 is 4.74 Å². The first kappa shape index (κ1) is 12.0. The fraction of sp³-hybridized carbons (Fsp3) is 0.333. The lowest BCUT2D eigenvalue weighted by Gasteiger charge is -2.08. The Morgan fingerprint density at radius 1 is 1.21 bits per heavy atom. The number of rotatable bonds is 4. The maximum absolute atomic E-state index is 5.28. The van der Waals surface area contributed by atoms with Crippen molar-refractivity contribution in [1.82, 2.24) is 9.97 Å². The van der Waals surface area contributed by atoms with Gasteiger partial charge in [0, 0.05) is 17.7 Å². The average Bonchev–Trinajstić information content (AvgIpc) is 3.23. The van der Waals surface area contributed by atoms with Crippen LogP contribution in [0.15, 0.2) is 30.6 Å². The fourth-order valence-electron chi connectivity index (χ4n) is 2.07. The van der Waals surface area contributed by atoms with E-state index in [0.717, 1.165) is 28.4 Å². The molecule has 4 heteroatoms. The summed E-state index contributed by atoms with van der Waals surface area (Å²) in [4.78, 5) is 8.60. The van der Waals surface area contributed by atoms with Gasteiger partial charge in [-0.3, -0.25) is 0 Å². The number of nitrogens with zero attached hydrogens (tertiary/aromatic N) is 2. The third kappa shape index (κ3) is 2.67. The van der Waals surface area contributed by atoms with Gasteiger partial charge in [-0.05, 0) is 43.5 Å². The molecule has 1 heterocycles. The van der Waals surface area contributed by atoms with E-state index in [2.05, 4.69) is 21.4 Å². The van der Waals surface area contributed by atoms with Crippen molar-refractivity contribution in [2.45, 2.75) is 25.8 Å². The highest BCUT2D eigenvalue weighted by Crippen LogP contribution is 2.27. The van der Waals surface area contributed by atoms with E-state index in [1.807, 2.05) is 25.1 Å². The number of aryl methyl sites for hydroxylation is 1. The quantitative estimate of drug-likeness (QED) is 0.912. The van der Waals surface area contributed by atoms with Crippen LogP contribution < -0.4 is 10.1 Å². The predicted octanol–water partition coefficient (Wildman–Crippen LogP) is 3.03. The van der Waals surface area contributed by atoms with Crippen LogP contribution in [0.2, 0.25) is 0 Å². The second-order valence-electron chi connectivity index (χ2n) is 4.89. The molecule has 19 heavy (non-hydrogen) atoms. The highest BCUT2D eigenvalue weighted by Gasteiger charge is 2.21. The Kier molecular flexibility index (Phi) is 3.07. The molecule has 98 valence electrons. The molecular formula is C15H17N3O. The highest BCUT2D eigenvalue weighted by molar-refractivity contribution is 5.64. The van der Waals surface area contributed by atoms with Gasteiger partial charge in [0.2, 0.25) is 0 Å². The van der Waals surface area contributed by atoms with E-state index < -0.39 is 0 Å². The smallest absolute Gasteiger partial charge is 0.130 e. The fourth-order valence-corrected chi connectivity index (χ4v) is 2.07. The van der Waals surface area contributed by atoms with Crippen molar-refractivity contribution in [3.05, 3.63) is 36.2 Å². The number of benzene rings is 1. The molecule has 1 aliphatic rings. The Morgan fingerprint density at radius 2 is 2.05 bits per heavy atom. The standard InChI is InChI=1S/C15H17N3O/c1-10-7-11(3-6-14(10)19-2)13-8-15(17-9-16-13)18-12-4-5-12/h3,6-9,12H,4-5H2,1-2H3,(H,16,17,18). The van der Waals surface area contributed by atoms with E-state index in [9.17, 15) is 0 Å². The van der Waals surface area contributed by atoms with E-state index in [-0.39, 0.29) is 0 Å². The average molecular weight is 255 g/mol. The third-order valence-corrected chi connectivity index (χ3v) is 3.29. The van der Waals surface area contributed by atoms with Gasteiger partial charge in [0.25, 0.3) is 0 Å². The van der Waals surface area contributed by atoms with Gasteiger partial charge in [0.1, 0.15) is 17.9 Å². The van der Waals surface area contributed by atoms with Crippen LogP contribution in [0.25, 0.3) is 11.3 Å². The minimum atomic E-state index is 0.598. The van der Waals surface area contributed by atoms with Gasteiger partial charge >= 0.3 is 0 Å². The molecule has 3 rings (SSSR count). The molecule has 1 aromatic carbocycles. The largest absolute Gasteiger partial charge is 0.496 e. The van der Waals surface area contributed by atoms with Crippen molar-refractivity contribution in [2.75, 3.05) is 12.4 Å². The van der Waals surface area contributed by atoms with E-state index in [0.29, 0.717) is 6.04 Å². The van der Waals surface area contributed by atoms with Crippen LogP contribution in [0, 0.1) is 6.92 Å². The minimum absolute atomic E-state index is 0.598. The molecule has 1 aromatic heterocycles. The first-order chi connectivity index (χ1) is 9.26. The maximum atomic E-state index is 5.28. The van der Waals surface area contributed by atoms with Gasteiger partial charge in [-0.15, -0.1) is 0 Å². The molecule has 1 saturated carbocycles. The number of anilines is 1. The van der Waals surface area contributed by atoms with Gasteiger partial charge < -0.3 is 10.1 Å². The molecule has 0 aliphatic heterocycles. The third-order valence-electron chi connectivity index (χ3n) is 3.29. The summed E-state index contributed by atoms with van der Waals surface area (Å²) < 4.78 is 5.28. The van der Waals surface area contributed by atoms with Crippen LogP contribution in [0.5, 0.6) is 5.75 Å². The molecular weight excluding hydrogens is 238 g/mol. The van der Waals surface area contributed by atoms with Crippen LogP contribution in [-0.2, 0) is 0 Å². The lowest BCUT2D eigenvalue weighted by Crippen LogP contribution is -2.03. The molecule has 4 nitrogen and oxygen atoms in total. The van der Waals surface area contributed by atoms with Crippen molar-refractivity contribution in [3.8, 4) is 17.0 Å². The van der Waals surface area contributed by atoms with Gasteiger partial charge in [-0.2, -0.15) is 0 Å². The minimum Gasteiger partial charge on any atom is -0.496 e. The molecule has 0 radical (unpaired) electrons. The Balaban J connectivity index is 1.89. The summed E-state index contributed by atoms with van der Waals surface area (Å²) in [5, 5.41) is 3.39. The Labute approximate surface area is 112 Å². The molecule has 1 fully saturated rings. The summed E-state index contributed by atoms with van der Waals surface area (Å²) in [6.07, 6.45) is 4.08. The van der Waals surface area contributed by atoms with Crippen molar-refractivity contribution in [2.24, 2.45) is 0 Å². The van der Waals surface area contributed by atoms with Crippen molar-refractivity contribution in [1.29, 1.82) is 0 Å². The molecule has 0 spiro atoms. The number of methoxy groups -OCH3 is 1. The van der Waals surface area contributed by atoms with Crippen LogP contribution >= 0.6 is 0 Å². The number of ether oxygens (including phenoxy) is 1. The predicted molar refractivity (Wildman–Crippen MR) is 75.4 cm³/mol. The topological polar surface area (TPSA) is 47.0 Å². The van der Waals surface area contributed by atoms with E-state index in [4.69, 9.17) is 4.74 Å². The number of aromatic nitrogens is 2. The van der Waals surface area contributed by atoms with Crippen molar-refractivity contribution >= 4 is 5.82 Å². The Hall–Kier alpha value is -2.10. The molecule has 1 N–H and O–H groups in total. The molecule has 0 unspecified atom stereocenters. The molecule has 0 atom stereocenters. The lowest BCUT2D eigenvalue weighted by molar-refractivity contribution is 0.412. The first-order valence-electron chi connectivity index (χ1n) is 6.50. The summed E-state index contributed by atoms with van der Waals surface area (Å²) in [6.45, 7) is 2.03. The van der Waals surface area contributed by atoms with Crippen LogP contribution in [-0.4, -0.2) is 23.1 Å². The monoisotopic (exact) mass is 255 g/mol. The van der Waals surface area contributed by atoms with E-state index >= 15 is 0 Å². The van der Waals surface area contributed by atoms with E-state index in [1.165, 1.54) is 12.8 Å². The number of nitrogens with one attached hydrogen (secondary N) is 1. The highest BCUT2D eigenvalue weighted by atomic mass is 16.5. The summed E-state index contributed by atoms with van der Waals surface area (Å²) in [7, 11) is 1.68. The lowest BCUT2D eigenvalue weighted by atomic mass is 10.1. The Bertz CT molecular complexity index is 594. The van der Waals surface area contributed by atoms with Gasteiger partial charge in [0.15, 0.2) is 0 Å². The molecule has 2 aromatic rings. The summed E-state index contributed by atoms with van der Waals surface area (Å²) in [5.74, 6) is 1.80. The zero-order valence-corrected chi connectivity index (χ0v) is 11.2. The Morgan fingerprint density at radius 3 is 2.74 bits per heavy atom. The SMILES string of the molecule is COc1ccc(-c2cc(NC3CC3)ncn2)cc1C. The number of hydrogen-bond acceptors (Lipinski definition) is 4. The van der Waals surface area contributed by atoms with Gasteiger partial charge in [-0.1, -0.05) is 0 Å². The number of hydrogen-bond donors (Lipinski definition) is 1. The molecule has 1 aliphatic carbocycles. The maximum Gasteiger partial charge on any atom is 0.130 e. The van der Waals surface area contributed by atoms with Crippen LogP contribution in [0.1, 0.15) is 18.4 Å². The molecule has 0 bridgehead atoms. The normalized spacial score (nSPS) is 14.2. The van der Waals surface area contributed by atoms with Gasteiger partial charge in [-0.25, -0.2) is 9.97 Å². The summed E-state index contributed by atoms with van der Waals surface area (Å²) in [6, 6.07) is 8.68. The van der Waals surface area contributed by atoms with Crippen molar-refractivity contribution in [3.63, 3.8) is 0 Å². The molecule has 0 amide bonds. The zero-order chi connectivity index (χ0) is 13.2. The van der Waals surface area contributed by atoms with Gasteiger partial charge in [0.05, 0.1) is 12.8 Å².